The summed E-state index contributed by atoms with van der Waals surface area (Å²) >= 11 is 0. The Balaban J connectivity index is 0.000000214. The van der Waals surface area contributed by atoms with E-state index < -0.39 is 5.97 Å². The molecule has 0 unspecified atom stereocenters. The Hall–Kier alpha value is -3.94. The summed E-state index contributed by atoms with van der Waals surface area (Å²) in [4.78, 5) is 25.2. The van der Waals surface area contributed by atoms with E-state index in [0.29, 0.717) is 5.56 Å². The maximum absolute atomic E-state index is 11.9. The molecule has 0 spiro atoms. The first-order chi connectivity index (χ1) is 16.9. The van der Waals surface area contributed by atoms with Crippen molar-refractivity contribution >= 4 is 18.0 Å². The molecule has 0 radical (unpaired) electrons. The summed E-state index contributed by atoms with van der Waals surface area (Å²) < 4.78 is 15.3. The van der Waals surface area contributed by atoms with E-state index >= 15 is 0 Å². The van der Waals surface area contributed by atoms with Crippen LogP contribution < -0.4 is 9.47 Å². The largest absolute Gasteiger partial charge is 0.508 e. The SMILES string of the molecule is CCOC(=O)c1c(C)cc(O)cc1O.O=C(C=CC=Cc1ccc2c(c1)OCO2)N1CCCCC1. The van der Waals surface area contributed by atoms with E-state index in [1.807, 2.05) is 35.3 Å². The number of hydrogen-bond donors (Lipinski definition) is 2. The van der Waals surface area contributed by atoms with Crippen molar-refractivity contribution < 1.29 is 34.0 Å². The fraction of sp³-hybridized carbons (Fsp3) is 0.333. The Kier molecular flexibility index (Phi) is 9.17. The molecule has 2 aliphatic heterocycles. The first kappa shape index (κ1) is 25.7. The molecule has 1 amide bonds. The Morgan fingerprint density at radius 2 is 1.77 bits per heavy atom. The van der Waals surface area contributed by atoms with Crippen LogP contribution in [-0.4, -0.2) is 53.5 Å². The van der Waals surface area contributed by atoms with E-state index in [-0.39, 0.29) is 36.4 Å². The fourth-order valence-electron chi connectivity index (χ4n) is 3.76. The van der Waals surface area contributed by atoms with Crippen molar-refractivity contribution in [2.45, 2.75) is 33.1 Å². The minimum Gasteiger partial charge on any atom is -0.508 e. The first-order valence-electron chi connectivity index (χ1n) is 11.6. The minimum absolute atomic E-state index is 0.0759. The van der Waals surface area contributed by atoms with E-state index in [9.17, 15) is 14.7 Å². The number of phenols is 2. The number of hydrogen-bond acceptors (Lipinski definition) is 7. The number of esters is 1. The highest BCUT2D eigenvalue weighted by Gasteiger charge is 2.16. The Labute approximate surface area is 205 Å². The molecule has 2 heterocycles. The van der Waals surface area contributed by atoms with Crippen molar-refractivity contribution in [2.24, 2.45) is 0 Å². The standard InChI is InChI=1S/C17H19NO3.C10H12O4/c19-17(18-10-4-1-5-11-18)7-3-2-6-14-8-9-15-16(12-14)21-13-20-15;1-3-14-10(13)9-6(2)4-7(11)5-8(9)12/h2-3,6-9,12H,1,4-5,10-11,13H2;4-5,11-12H,3H2,1-2H3. The van der Waals surface area contributed by atoms with Crippen molar-refractivity contribution in [3.05, 3.63) is 65.3 Å². The molecule has 0 aromatic heterocycles. The van der Waals surface area contributed by atoms with E-state index in [4.69, 9.17) is 19.3 Å². The summed E-state index contributed by atoms with van der Waals surface area (Å²) in [5.74, 6) is 0.732. The number of fused-ring (bicyclic) bond motifs is 1. The van der Waals surface area contributed by atoms with Gasteiger partial charge in [0.15, 0.2) is 11.5 Å². The summed E-state index contributed by atoms with van der Waals surface area (Å²) in [6.07, 6.45) is 10.7. The maximum atomic E-state index is 11.9. The quantitative estimate of drug-likeness (QED) is 0.366. The molecule has 35 heavy (non-hydrogen) atoms. The second-order valence-electron chi connectivity index (χ2n) is 8.09. The number of amides is 1. The molecule has 0 aliphatic carbocycles. The predicted octanol–water partition coefficient (Wildman–Crippen LogP) is 4.58. The maximum Gasteiger partial charge on any atom is 0.342 e. The second kappa shape index (κ2) is 12.5. The lowest BCUT2D eigenvalue weighted by molar-refractivity contribution is -0.126. The Bertz CT molecular complexity index is 1080. The summed E-state index contributed by atoms with van der Waals surface area (Å²) in [6.45, 7) is 5.60. The molecule has 2 aromatic carbocycles. The van der Waals surface area contributed by atoms with Gasteiger partial charge in [-0.1, -0.05) is 24.3 Å². The molecule has 0 atom stereocenters. The van der Waals surface area contributed by atoms with Gasteiger partial charge in [-0.25, -0.2) is 4.79 Å². The van der Waals surface area contributed by atoms with Gasteiger partial charge < -0.3 is 29.3 Å². The van der Waals surface area contributed by atoms with Crippen LogP contribution in [-0.2, 0) is 9.53 Å². The highest BCUT2D eigenvalue weighted by molar-refractivity contribution is 5.94. The van der Waals surface area contributed by atoms with Gasteiger partial charge in [0.1, 0.15) is 17.1 Å². The number of allylic oxidation sites excluding steroid dienone is 2. The van der Waals surface area contributed by atoms with Gasteiger partial charge in [0, 0.05) is 25.2 Å². The number of ether oxygens (including phenoxy) is 3. The van der Waals surface area contributed by atoms with E-state index in [1.165, 1.54) is 12.5 Å². The summed E-state index contributed by atoms with van der Waals surface area (Å²) in [5, 5.41) is 18.5. The number of carbonyl (C=O) groups is 2. The number of benzene rings is 2. The Morgan fingerprint density at radius 1 is 1.03 bits per heavy atom. The average molecular weight is 482 g/mol. The lowest BCUT2D eigenvalue weighted by Crippen LogP contribution is -2.34. The van der Waals surface area contributed by atoms with Crippen molar-refractivity contribution in [1.82, 2.24) is 4.90 Å². The number of nitrogens with zero attached hydrogens (tertiary/aromatic N) is 1. The fourth-order valence-corrected chi connectivity index (χ4v) is 3.76. The van der Waals surface area contributed by atoms with Gasteiger partial charge in [-0.2, -0.15) is 0 Å². The third-order valence-electron chi connectivity index (χ3n) is 5.48. The van der Waals surface area contributed by atoms with Crippen LogP contribution in [0.4, 0.5) is 0 Å². The monoisotopic (exact) mass is 481 g/mol. The molecule has 8 nitrogen and oxygen atoms in total. The lowest BCUT2D eigenvalue weighted by Gasteiger charge is -2.25. The second-order valence-corrected chi connectivity index (χ2v) is 8.09. The average Bonchev–Trinajstić information content (AvgIpc) is 3.30. The van der Waals surface area contributed by atoms with Gasteiger partial charge in [0.2, 0.25) is 12.7 Å². The zero-order valence-corrected chi connectivity index (χ0v) is 20.0. The van der Waals surface area contributed by atoms with E-state index in [0.717, 1.165) is 49.1 Å². The van der Waals surface area contributed by atoms with Gasteiger partial charge in [0.25, 0.3) is 0 Å². The predicted molar refractivity (Wildman–Crippen MR) is 132 cm³/mol. The Morgan fingerprint density at radius 3 is 2.49 bits per heavy atom. The third-order valence-corrected chi connectivity index (χ3v) is 5.48. The zero-order chi connectivity index (χ0) is 25.2. The van der Waals surface area contributed by atoms with Gasteiger partial charge in [0.05, 0.1) is 6.61 Å². The summed E-state index contributed by atoms with van der Waals surface area (Å²) in [6, 6.07) is 8.29. The zero-order valence-electron chi connectivity index (χ0n) is 20.0. The van der Waals surface area contributed by atoms with Gasteiger partial charge in [-0.3, -0.25) is 4.79 Å². The van der Waals surface area contributed by atoms with Crippen LogP contribution in [0.2, 0.25) is 0 Å². The molecule has 0 saturated carbocycles. The first-order valence-corrected chi connectivity index (χ1v) is 11.6. The van der Waals surface area contributed by atoms with Crippen LogP contribution in [0.5, 0.6) is 23.0 Å². The third kappa shape index (κ3) is 7.27. The molecule has 8 heteroatoms. The number of piperidine rings is 1. The van der Waals surface area contributed by atoms with Crippen LogP contribution in [0.25, 0.3) is 6.08 Å². The lowest BCUT2D eigenvalue weighted by atomic mass is 10.1. The van der Waals surface area contributed by atoms with E-state index in [2.05, 4.69) is 0 Å². The molecule has 4 rings (SSSR count). The normalized spacial score (nSPS) is 14.6. The van der Waals surface area contributed by atoms with Gasteiger partial charge in [-0.15, -0.1) is 0 Å². The summed E-state index contributed by atoms with van der Waals surface area (Å²) in [7, 11) is 0. The number of aryl methyl sites for hydroxylation is 1. The van der Waals surface area contributed by atoms with Gasteiger partial charge in [-0.05, 0) is 62.4 Å². The highest BCUT2D eigenvalue weighted by Crippen LogP contribution is 2.32. The van der Waals surface area contributed by atoms with Crippen molar-refractivity contribution in [3.63, 3.8) is 0 Å². The van der Waals surface area contributed by atoms with E-state index in [1.54, 1.807) is 26.0 Å². The molecule has 2 aliphatic rings. The van der Waals surface area contributed by atoms with Gasteiger partial charge >= 0.3 is 5.97 Å². The number of rotatable bonds is 5. The van der Waals surface area contributed by atoms with Crippen molar-refractivity contribution in [3.8, 4) is 23.0 Å². The number of likely N-dealkylation sites (tertiary alicyclic amines) is 1. The molecule has 1 saturated heterocycles. The molecule has 186 valence electrons. The van der Waals surface area contributed by atoms with Crippen molar-refractivity contribution in [2.75, 3.05) is 26.5 Å². The highest BCUT2D eigenvalue weighted by atomic mass is 16.7. The number of phenolic OH excluding ortho intramolecular Hbond substituents is 2. The van der Waals surface area contributed by atoms with Crippen LogP contribution in [0.3, 0.4) is 0 Å². The number of aromatic hydroxyl groups is 2. The van der Waals surface area contributed by atoms with Crippen LogP contribution >= 0.6 is 0 Å². The van der Waals surface area contributed by atoms with Crippen molar-refractivity contribution in [1.29, 1.82) is 0 Å². The van der Waals surface area contributed by atoms with Crippen LogP contribution in [0.1, 0.15) is 47.7 Å². The molecular formula is C27H31NO7. The number of carbonyl (C=O) groups excluding carboxylic acids is 2. The molecule has 0 bridgehead atoms. The molecule has 2 aromatic rings. The smallest absolute Gasteiger partial charge is 0.342 e. The molecule has 1 fully saturated rings. The topological polar surface area (TPSA) is 106 Å². The minimum atomic E-state index is -0.581. The molecule has 2 N–H and O–H groups in total. The van der Waals surface area contributed by atoms with Crippen LogP contribution in [0, 0.1) is 6.92 Å². The van der Waals surface area contributed by atoms with Crippen LogP contribution in [0.15, 0.2) is 48.6 Å². The summed E-state index contributed by atoms with van der Waals surface area (Å²) in [5.41, 5.74) is 1.61. The molecular weight excluding hydrogens is 450 g/mol.